The van der Waals surface area contributed by atoms with Gasteiger partial charge in [0.15, 0.2) is 10.2 Å². The fourth-order valence-corrected chi connectivity index (χ4v) is 3.47. The molecule has 2 rings (SSSR count). The summed E-state index contributed by atoms with van der Waals surface area (Å²) in [7, 11) is 0. The Bertz CT molecular complexity index is 755. The minimum Gasteiger partial charge on any atom is -0.444 e. The quantitative estimate of drug-likeness (QED) is 0.809. The first-order valence-electron chi connectivity index (χ1n) is 7.42. The molecule has 0 bridgehead atoms. The van der Waals surface area contributed by atoms with Crippen molar-refractivity contribution in [2.24, 2.45) is 5.92 Å². The second-order valence-corrected chi connectivity index (χ2v) is 8.61. The second kappa shape index (κ2) is 7.36. The summed E-state index contributed by atoms with van der Waals surface area (Å²) in [6.45, 7) is 9.38. The Morgan fingerprint density at radius 1 is 1.46 bits per heavy atom. The number of nitriles is 1. The lowest BCUT2D eigenvalue weighted by Gasteiger charge is -2.24. The predicted octanol–water partition coefficient (Wildman–Crippen LogP) is 3.02. The van der Waals surface area contributed by atoms with Gasteiger partial charge in [-0.3, -0.25) is 0 Å². The average molecular weight is 368 g/mol. The summed E-state index contributed by atoms with van der Waals surface area (Å²) < 4.78 is 7.68. The molecule has 0 saturated heterocycles. The number of rotatable bonds is 5. The van der Waals surface area contributed by atoms with E-state index >= 15 is 0 Å². The van der Waals surface area contributed by atoms with E-state index in [0.29, 0.717) is 16.5 Å². The molecule has 1 atom stereocenters. The van der Waals surface area contributed by atoms with Gasteiger partial charge >= 0.3 is 6.09 Å². The number of thioether (sulfide) groups is 1. The number of hydrogen-bond donors (Lipinski definition) is 1. The van der Waals surface area contributed by atoms with Crippen LogP contribution >= 0.6 is 23.1 Å². The number of amides is 1. The molecule has 24 heavy (non-hydrogen) atoms. The Hall–Kier alpha value is -1.86. The van der Waals surface area contributed by atoms with Crippen LogP contribution < -0.4 is 5.32 Å². The summed E-state index contributed by atoms with van der Waals surface area (Å²) in [5.41, 5.74) is -0.576. The number of aromatic nitrogens is 4. The number of fused-ring (bicyclic) bond motifs is 1. The van der Waals surface area contributed by atoms with E-state index in [9.17, 15) is 4.79 Å². The van der Waals surface area contributed by atoms with Crippen molar-refractivity contribution in [1.29, 1.82) is 5.26 Å². The van der Waals surface area contributed by atoms with Gasteiger partial charge < -0.3 is 10.1 Å². The molecule has 0 saturated carbocycles. The van der Waals surface area contributed by atoms with Gasteiger partial charge in [0.1, 0.15) is 5.60 Å². The van der Waals surface area contributed by atoms with E-state index < -0.39 is 11.7 Å². The monoisotopic (exact) mass is 368 g/mol. The number of nitrogens with zero attached hydrogens (tertiary/aromatic N) is 5. The van der Waals surface area contributed by atoms with Gasteiger partial charge in [0, 0.05) is 0 Å². The summed E-state index contributed by atoms with van der Waals surface area (Å²) in [5.74, 6) is 0.941. The molecule has 1 N–H and O–H groups in total. The number of carbonyl (C=O) groups excluding carboxylic acids is 1. The van der Waals surface area contributed by atoms with Crippen LogP contribution in [0.3, 0.4) is 0 Å². The lowest BCUT2D eigenvalue weighted by atomic mass is 10.0. The van der Waals surface area contributed by atoms with Gasteiger partial charge in [0.05, 0.1) is 17.9 Å². The van der Waals surface area contributed by atoms with Gasteiger partial charge in [0.25, 0.3) is 0 Å². The Labute approximate surface area is 148 Å². The van der Waals surface area contributed by atoms with Gasteiger partial charge in [-0.05, 0) is 26.7 Å². The molecule has 1 amide bonds. The smallest absolute Gasteiger partial charge is 0.408 e. The first kappa shape index (κ1) is 18.5. The Balaban J connectivity index is 2.24. The van der Waals surface area contributed by atoms with Crippen molar-refractivity contribution in [2.45, 2.75) is 50.6 Å². The van der Waals surface area contributed by atoms with Gasteiger partial charge in [-0.25, -0.2) is 4.79 Å². The van der Waals surface area contributed by atoms with Crippen molar-refractivity contribution >= 4 is 34.2 Å². The van der Waals surface area contributed by atoms with Gasteiger partial charge in [-0.15, -0.1) is 15.3 Å². The fourth-order valence-electron chi connectivity index (χ4n) is 1.92. The second-order valence-electron chi connectivity index (χ2n) is 6.44. The molecule has 0 fully saturated rings. The molecule has 2 aromatic heterocycles. The van der Waals surface area contributed by atoms with Crippen LogP contribution in [0.4, 0.5) is 4.79 Å². The van der Waals surface area contributed by atoms with E-state index in [1.807, 2.05) is 34.6 Å². The molecule has 2 aromatic rings. The van der Waals surface area contributed by atoms with E-state index in [0.717, 1.165) is 4.34 Å². The molecule has 2 heterocycles. The van der Waals surface area contributed by atoms with Crippen molar-refractivity contribution in [1.82, 2.24) is 25.1 Å². The number of ether oxygens (including phenoxy) is 1. The largest absolute Gasteiger partial charge is 0.444 e. The third kappa shape index (κ3) is 4.58. The molecule has 8 nitrogen and oxygen atoms in total. The molecule has 0 aliphatic rings. The molecular formula is C14H20N6O2S2. The van der Waals surface area contributed by atoms with Crippen molar-refractivity contribution in [3.8, 4) is 6.07 Å². The Kier molecular flexibility index (Phi) is 5.66. The van der Waals surface area contributed by atoms with Crippen LogP contribution in [-0.2, 0) is 4.74 Å². The van der Waals surface area contributed by atoms with Crippen molar-refractivity contribution in [2.75, 3.05) is 5.75 Å². The van der Waals surface area contributed by atoms with Crippen LogP contribution in [0.25, 0.3) is 4.96 Å². The predicted molar refractivity (Wildman–Crippen MR) is 91.9 cm³/mol. The Morgan fingerprint density at radius 2 is 2.17 bits per heavy atom. The molecule has 0 aliphatic carbocycles. The van der Waals surface area contributed by atoms with Crippen LogP contribution in [0.5, 0.6) is 0 Å². The van der Waals surface area contributed by atoms with Crippen molar-refractivity contribution in [3.63, 3.8) is 0 Å². The highest BCUT2D eigenvalue weighted by molar-refractivity contribution is 8.01. The zero-order valence-electron chi connectivity index (χ0n) is 14.2. The first-order chi connectivity index (χ1) is 11.2. The number of nitrogens with one attached hydrogen (secondary N) is 1. The van der Waals surface area contributed by atoms with Crippen LogP contribution in [-0.4, -0.2) is 37.3 Å². The third-order valence-corrected chi connectivity index (χ3v) is 4.77. The van der Waals surface area contributed by atoms with E-state index in [4.69, 9.17) is 10.00 Å². The highest BCUT2D eigenvalue weighted by Crippen LogP contribution is 2.27. The van der Waals surface area contributed by atoms with E-state index in [-0.39, 0.29) is 12.0 Å². The maximum absolute atomic E-state index is 12.1. The summed E-state index contributed by atoms with van der Waals surface area (Å²) in [6, 6.07) is 1.68. The third-order valence-electron chi connectivity index (χ3n) is 2.87. The molecule has 0 aliphatic heterocycles. The molecule has 0 spiro atoms. The summed E-state index contributed by atoms with van der Waals surface area (Å²) in [6.07, 6.45) is -0.507. The molecule has 10 heteroatoms. The van der Waals surface area contributed by atoms with Crippen molar-refractivity contribution < 1.29 is 9.53 Å². The molecular weight excluding hydrogens is 348 g/mol. The highest BCUT2D eigenvalue weighted by atomic mass is 32.2. The van der Waals surface area contributed by atoms with Gasteiger partial charge in [0.2, 0.25) is 4.96 Å². The topological polar surface area (TPSA) is 105 Å². The lowest BCUT2D eigenvalue weighted by Crippen LogP contribution is -2.37. The molecule has 130 valence electrons. The minimum absolute atomic E-state index is 0.0711. The minimum atomic E-state index is -0.576. The standard InChI is InChI=1S/C14H20N6O2S2/c1-8(2)9(16-12(21)22-14(3,4)5)10-17-18-11-20(10)19-13(24-11)23-7-6-15/h8-9H,7H2,1-5H3,(H,16,21). The SMILES string of the molecule is CC(C)C(NC(=O)OC(C)(C)C)c1nnc2sc(SCC#N)nn12. The summed E-state index contributed by atoms with van der Waals surface area (Å²) >= 11 is 2.71. The summed E-state index contributed by atoms with van der Waals surface area (Å²) in [5, 5.41) is 24.2. The van der Waals surface area contributed by atoms with E-state index in [1.54, 1.807) is 4.52 Å². The fraction of sp³-hybridized carbons (Fsp3) is 0.643. The summed E-state index contributed by atoms with van der Waals surface area (Å²) in [4.78, 5) is 12.7. The van der Waals surface area contributed by atoms with Crippen LogP contribution in [0, 0.1) is 17.2 Å². The molecule has 0 aromatic carbocycles. The first-order valence-corrected chi connectivity index (χ1v) is 9.23. The number of hydrogen-bond acceptors (Lipinski definition) is 8. The lowest BCUT2D eigenvalue weighted by molar-refractivity contribution is 0.0486. The Morgan fingerprint density at radius 3 is 2.75 bits per heavy atom. The maximum atomic E-state index is 12.1. The van der Waals surface area contributed by atoms with E-state index in [1.165, 1.54) is 23.1 Å². The van der Waals surface area contributed by atoms with Crippen LogP contribution in [0.2, 0.25) is 0 Å². The zero-order valence-corrected chi connectivity index (χ0v) is 15.9. The molecule has 0 radical (unpaired) electrons. The van der Waals surface area contributed by atoms with Gasteiger partial charge in [-0.2, -0.15) is 9.78 Å². The number of alkyl carbamates (subject to hydrolysis) is 1. The van der Waals surface area contributed by atoms with Crippen LogP contribution in [0.15, 0.2) is 4.34 Å². The van der Waals surface area contributed by atoms with E-state index in [2.05, 4.69) is 26.7 Å². The average Bonchev–Trinajstić information content (AvgIpc) is 3.00. The zero-order chi connectivity index (χ0) is 17.9. The highest BCUT2D eigenvalue weighted by Gasteiger charge is 2.27. The maximum Gasteiger partial charge on any atom is 0.408 e. The van der Waals surface area contributed by atoms with Crippen molar-refractivity contribution in [3.05, 3.63) is 5.82 Å². The normalized spacial score (nSPS) is 13.0. The van der Waals surface area contributed by atoms with Gasteiger partial charge in [-0.1, -0.05) is 36.9 Å². The number of carbonyl (C=O) groups is 1. The van der Waals surface area contributed by atoms with Crippen LogP contribution in [0.1, 0.15) is 46.5 Å². The molecule has 1 unspecified atom stereocenters.